The van der Waals surface area contributed by atoms with Crippen molar-refractivity contribution in [1.82, 2.24) is 0 Å². The van der Waals surface area contributed by atoms with Gasteiger partial charge in [-0.15, -0.1) is 0 Å². The predicted molar refractivity (Wildman–Crippen MR) is 77.0 cm³/mol. The van der Waals surface area contributed by atoms with Crippen LogP contribution in [0.2, 0.25) is 0 Å². The van der Waals surface area contributed by atoms with E-state index in [4.69, 9.17) is 9.84 Å². The van der Waals surface area contributed by atoms with E-state index in [1.54, 1.807) is 0 Å². The maximum Gasteiger partial charge on any atom is 0.333 e. The number of hydrogen-bond donors (Lipinski definition) is 1. The average Bonchev–Trinajstić information content (AvgIpc) is 2.40. The summed E-state index contributed by atoms with van der Waals surface area (Å²) in [5, 5.41) is 9.09. The Kier molecular flexibility index (Phi) is 6.44. The van der Waals surface area contributed by atoms with Crippen molar-refractivity contribution in [2.45, 2.75) is 19.8 Å². The molecular weight excluding hydrogens is 294 g/mol. The van der Waals surface area contributed by atoms with Gasteiger partial charge in [-0.3, -0.25) is 0 Å². The molecule has 0 radical (unpaired) electrons. The zero-order chi connectivity index (χ0) is 16.7. The van der Waals surface area contributed by atoms with E-state index >= 15 is 0 Å². The molecule has 0 saturated carbocycles. The van der Waals surface area contributed by atoms with Gasteiger partial charge >= 0.3 is 11.9 Å². The fraction of sp³-hybridized carbons (Fsp3) is 0.250. The second kappa shape index (κ2) is 8.07. The number of rotatable bonds is 7. The highest BCUT2D eigenvalue weighted by Crippen LogP contribution is 2.15. The van der Waals surface area contributed by atoms with E-state index in [1.165, 1.54) is 13.0 Å². The number of ether oxygens (including phenoxy) is 1. The fourth-order valence-corrected chi connectivity index (χ4v) is 1.65. The van der Waals surface area contributed by atoms with E-state index in [-0.39, 0.29) is 36.2 Å². The summed E-state index contributed by atoms with van der Waals surface area (Å²) >= 11 is 0. The lowest BCUT2D eigenvalue weighted by molar-refractivity contribution is -0.139. The number of carbonyl (C=O) groups is 2. The molecule has 0 heterocycles. The number of benzene rings is 1. The Morgan fingerprint density at radius 3 is 2.36 bits per heavy atom. The maximum atomic E-state index is 13.1. The second-order valence-electron chi connectivity index (χ2n) is 4.70. The third-order valence-corrected chi connectivity index (χ3v) is 2.67. The molecule has 1 aromatic carbocycles. The number of halogens is 2. The Morgan fingerprint density at radius 1 is 1.27 bits per heavy atom. The van der Waals surface area contributed by atoms with Crippen LogP contribution in [-0.2, 0) is 14.3 Å². The summed E-state index contributed by atoms with van der Waals surface area (Å²) in [5.74, 6) is -3.32. The van der Waals surface area contributed by atoms with Gasteiger partial charge in [-0.05, 0) is 43.5 Å². The van der Waals surface area contributed by atoms with Gasteiger partial charge in [0.1, 0.15) is 11.6 Å². The van der Waals surface area contributed by atoms with E-state index in [9.17, 15) is 18.4 Å². The van der Waals surface area contributed by atoms with Gasteiger partial charge in [0.15, 0.2) is 0 Å². The lowest BCUT2D eigenvalue weighted by Crippen LogP contribution is -2.08. The third-order valence-electron chi connectivity index (χ3n) is 2.67. The SMILES string of the molecule is C=C(C)C(=O)OCCCC(=Cc1cc(F)cc(F)c1)C(=O)O. The van der Waals surface area contributed by atoms with E-state index in [0.717, 1.165) is 12.1 Å². The molecule has 1 aromatic rings. The first kappa shape index (κ1) is 17.6. The Labute approximate surface area is 126 Å². The van der Waals surface area contributed by atoms with E-state index in [2.05, 4.69) is 6.58 Å². The van der Waals surface area contributed by atoms with Crippen molar-refractivity contribution in [2.24, 2.45) is 0 Å². The molecule has 1 rings (SSSR count). The van der Waals surface area contributed by atoms with E-state index < -0.39 is 23.6 Å². The van der Waals surface area contributed by atoms with Gasteiger partial charge < -0.3 is 9.84 Å². The smallest absolute Gasteiger partial charge is 0.333 e. The molecule has 0 aliphatic heterocycles. The van der Waals surface area contributed by atoms with Crippen LogP contribution in [0, 0.1) is 11.6 Å². The standard InChI is InChI=1S/C16H16F2O4/c1-10(2)16(21)22-5-3-4-12(15(19)20)6-11-7-13(17)9-14(18)8-11/h6-9H,1,3-5H2,2H3,(H,19,20). The van der Waals surface area contributed by atoms with Crippen molar-refractivity contribution in [3.05, 3.63) is 53.1 Å². The minimum Gasteiger partial charge on any atom is -0.478 e. The molecule has 0 atom stereocenters. The average molecular weight is 310 g/mol. The van der Waals surface area contributed by atoms with Gasteiger partial charge in [0.2, 0.25) is 0 Å². The first-order valence-electron chi connectivity index (χ1n) is 6.52. The number of hydrogen-bond acceptors (Lipinski definition) is 3. The summed E-state index contributed by atoms with van der Waals surface area (Å²) < 4.78 is 31.0. The molecular formula is C16H16F2O4. The molecule has 0 aliphatic rings. The van der Waals surface area contributed by atoms with Crippen LogP contribution in [0.5, 0.6) is 0 Å². The lowest BCUT2D eigenvalue weighted by Gasteiger charge is -2.05. The molecule has 0 unspecified atom stereocenters. The number of carboxylic acids is 1. The quantitative estimate of drug-likeness (QED) is 0.476. The molecule has 0 spiro atoms. The van der Waals surface area contributed by atoms with Crippen LogP contribution in [-0.4, -0.2) is 23.7 Å². The van der Waals surface area contributed by atoms with Crippen LogP contribution in [0.4, 0.5) is 8.78 Å². The minimum absolute atomic E-state index is 0.0311. The fourth-order valence-electron chi connectivity index (χ4n) is 1.65. The maximum absolute atomic E-state index is 13.1. The molecule has 1 N–H and O–H groups in total. The van der Waals surface area contributed by atoms with Gasteiger partial charge in [0.25, 0.3) is 0 Å². The summed E-state index contributed by atoms with van der Waals surface area (Å²) in [4.78, 5) is 22.3. The number of aliphatic carboxylic acids is 1. The van der Waals surface area contributed by atoms with Crippen LogP contribution in [0.3, 0.4) is 0 Å². The lowest BCUT2D eigenvalue weighted by atomic mass is 10.1. The van der Waals surface area contributed by atoms with Crippen molar-refractivity contribution in [1.29, 1.82) is 0 Å². The zero-order valence-corrected chi connectivity index (χ0v) is 12.1. The predicted octanol–water partition coefficient (Wildman–Crippen LogP) is 3.33. The van der Waals surface area contributed by atoms with Crippen molar-refractivity contribution in [2.75, 3.05) is 6.61 Å². The van der Waals surface area contributed by atoms with Gasteiger partial charge in [-0.25, -0.2) is 18.4 Å². The summed E-state index contributed by atoms with van der Waals surface area (Å²) in [6.07, 6.45) is 1.56. The normalized spacial score (nSPS) is 11.1. The van der Waals surface area contributed by atoms with Gasteiger partial charge in [0, 0.05) is 17.2 Å². The topological polar surface area (TPSA) is 63.6 Å². The van der Waals surface area contributed by atoms with Crippen molar-refractivity contribution < 1.29 is 28.2 Å². The Hall–Kier alpha value is -2.50. The minimum atomic E-state index is -1.20. The summed E-state index contributed by atoms with van der Waals surface area (Å²) in [6.45, 7) is 4.96. The first-order valence-corrected chi connectivity index (χ1v) is 6.52. The van der Waals surface area contributed by atoms with Crippen molar-refractivity contribution in [3.63, 3.8) is 0 Å². The molecule has 22 heavy (non-hydrogen) atoms. The van der Waals surface area contributed by atoms with Crippen LogP contribution in [0.15, 0.2) is 35.9 Å². The largest absolute Gasteiger partial charge is 0.478 e. The first-order chi connectivity index (χ1) is 10.3. The number of esters is 1. The van der Waals surface area contributed by atoms with Gasteiger partial charge in [-0.1, -0.05) is 6.58 Å². The number of carbonyl (C=O) groups excluding carboxylic acids is 1. The molecule has 0 saturated heterocycles. The van der Waals surface area contributed by atoms with Gasteiger partial charge in [0.05, 0.1) is 6.61 Å². The van der Waals surface area contributed by atoms with Gasteiger partial charge in [-0.2, -0.15) is 0 Å². The van der Waals surface area contributed by atoms with Crippen molar-refractivity contribution >= 4 is 18.0 Å². The Balaban J connectivity index is 2.69. The number of carboxylic acid groups (broad SMARTS) is 1. The highest BCUT2D eigenvalue weighted by Gasteiger charge is 2.10. The van der Waals surface area contributed by atoms with E-state index in [0.29, 0.717) is 6.07 Å². The molecule has 0 aromatic heterocycles. The molecule has 0 aliphatic carbocycles. The van der Waals surface area contributed by atoms with Crippen LogP contribution >= 0.6 is 0 Å². The molecule has 0 fully saturated rings. The van der Waals surface area contributed by atoms with Crippen LogP contribution in [0.1, 0.15) is 25.3 Å². The highest BCUT2D eigenvalue weighted by atomic mass is 19.1. The second-order valence-corrected chi connectivity index (χ2v) is 4.70. The zero-order valence-electron chi connectivity index (χ0n) is 12.1. The molecule has 4 nitrogen and oxygen atoms in total. The molecule has 0 bridgehead atoms. The van der Waals surface area contributed by atoms with E-state index in [1.807, 2.05) is 0 Å². The molecule has 6 heteroatoms. The molecule has 0 amide bonds. The summed E-state index contributed by atoms with van der Waals surface area (Å²) in [6, 6.07) is 2.77. The summed E-state index contributed by atoms with van der Waals surface area (Å²) in [7, 11) is 0. The Bertz CT molecular complexity index is 600. The third kappa shape index (κ3) is 5.87. The summed E-state index contributed by atoms with van der Waals surface area (Å²) in [5.41, 5.74) is 0.342. The van der Waals surface area contributed by atoms with Crippen LogP contribution in [0.25, 0.3) is 6.08 Å². The van der Waals surface area contributed by atoms with Crippen LogP contribution < -0.4 is 0 Å². The monoisotopic (exact) mass is 310 g/mol. The molecule has 118 valence electrons. The van der Waals surface area contributed by atoms with Crippen molar-refractivity contribution in [3.8, 4) is 0 Å². The Morgan fingerprint density at radius 2 is 1.86 bits per heavy atom. The highest BCUT2D eigenvalue weighted by molar-refractivity contribution is 5.92.